The summed E-state index contributed by atoms with van der Waals surface area (Å²) in [5.74, 6) is 0.118. The fraction of sp³-hybridized carbons (Fsp3) is 0.400. The van der Waals surface area contributed by atoms with Crippen molar-refractivity contribution < 1.29 is 9.84 Å². The Labute approximate surface area is 87.6 Å². The molecule has 0 aromatic heterocycles. The van der Waals surface area contributed by atoms with Crippen molar-refractivity contribution in [2.24, 2.45) is 0 Å². The van der Waals surface area contributed by atoms with Gasteiger partial charge in [-0.05, 0) is 17.7 Å². The van der Waals surface area contributed by atoms with Crippen LogP contribution >= 0.6 is 11.6 Å². The predicted molar refractivity (Wildman–Crippen MR) is 54.7 cm³/mol. The van der Waals surface area contributed by atoms with E-state index in [1.807, 2.05) is 6.07 Å². The van der Waals surface area contributed by atoms with Crippen molar-refractivity contribution in [3.8, 4) is 5.75 Å². The van der Waals surface area contributed by atoms with E-state index in [9.17, 15) is 5.11 Å². The number of morpholine rings is 1. The lowest BCUT2D eigenvalue weighted by Crippen LogP contribution is -2.34. The number of hydrogen-bond donors (Lipinski definition) is 2. The second-order valence-electron chi connectivity index (χ2n) is 3.29. The summed E-state index contributed by atoms with van der Waals surface area (Å²) in [6.07, 6.45) is 0. The fourth-order valence-corrected chi connectivity index (χ4v) is 1.71. The van der Waals surface area contributed by atoms with Crippen molar-refractivity contribution in [1.82, 2.24) is 5.32 Å². The molecule has 0 bridgehead atoms. The zero-order valence-electron chi connectivity index (χ0n) is 7.66. The maximum Gasteiger partial charge on any atom is 0.134 e. The monoisotopic (exact) mass is 213 g/mol. The van der Waals surface area contributed by atoms with Crippen molar-refractivity contribution in [1.29, 1.82) is 0 Å². The quantitative estimate of drug-likeness (QED) is 0.746. The minimum absolute atomic E-state index is 0.118. The third-order valence-electron chi connectivity index (χ3n) is 2.30. The lowest BCUT2D eigenvalue weighted by molar-refractivity contribution is 0.0769. The molecule has 1 aromatic rings. The van der Waals surface area contributed by atoms with Crippen molar-refractivity contribution in [3.63, 3.8) is 0 Å². The van der Waals surface area contributed by atoms with Crippen LogP contribution in [-0.2, 0) is 4.74 Å². The molecule has 76 valence electrons. The molecule has 1 aliphatic rings. The highest BCUT2D eigenvalue weighted by atomic mass is 35.5. The Balaban J connectivity index is 2.18. The number of benzene rings is 1. The normalized spacial score (nSPS) is 22.2. The van der Waals surface area contributed by atoms with Crippen LogP contribution < -0.4 is 5.32 Å². The van der Waals surface area contributed by atoms with Crippen LogP contribution in [0.1, 0.15) is 11.6 Å². The number of nitrogens with one attached hydrogen (secondary N) is 1. The van der Waals surface area contributed by atoms with Gasteiger partial charge in [-0.2, -0.15) is 0 Å². The first-order valence-corrected chi connectivity index (χ1v) is 4.95. The fourth-order valence-electron chi connectivity index (χ4n) is 1.52. The molecule has 2 rings (SSSR count). The minimum atomic E-state index is 0.118. The van der Waals surface area contributed by atoms with Crippen LogP contribution in [0.2, 0.25) is 5.02 Å². The van der Waals surface area contributed by atoms with E-state index in [0.717, 1.165) is 18.7 Å². The van der Waals surface area contributed by atoms with E-state index in [1.54, 1.807) is 12.1 Å². The molecule has 1 aromatic carbocycles. The van der Waals surface area contributed by atoms with Gasteiger partial charge in [-0.3, -0.25) is 0 Å². The Morgan fingerprint density at radius 2 is 2.36 bits per heavy atom. The number of phenolic OH excluding ortho intramolecular Hbond substituents is 1. The summed E-state index contributed by atoms with van der Waals surface area (Å²) in [5.41, 5.74) is 1.05. The summed E-state index contributed by atoms with van der Waals surface area (Å²) < 4.78 is 5.34. The van der Waals surface area contributed by atoms with Gasteiger partial charge in [-0.15, -0.1) is 0 Å². The van der Waals surface area contributed by atoms with Crippen molar-refractivity contribution in [3.05, 3.63) is 28.8 Å². The third-order valence-corrected chi connectivity index (χ3v) is 2.60. The van der Waals surface area contributed by atoms with Crippen molar-refractivity contribution >= 4 is 11.6 Å². The van der Waals surface area contributed by atoms with Crippen LogP contribution in [-0.4, -0.2) is 24.9 Å². The Morgan fingerprint density at radius 3 is 3.00 bits per heavy atom. The molecule has 1 saturated heterocycles. The molecule has 0 radical (unpaired) electrons. The maximum absolute atomic E-state index is 9.26. The molecule has 2 N–H and O–H groups in total. The number of ether oxygens (including phenoxy) is 1. The van der Waals surface area contributed by atoms with E-state index in [2.05, 4.69) is 5.32 Å². The molecule has 14 heavy (non-hydrogen) atoms. The van der Waals surface area contributed by atoms with Gasteiger partial charge in [0.2, 0.25) is 0 Å². The largest absolute Gasteiger partial charge is 0.506 e. The highest BCUT2D eigenvalue weighted by Crippen LogP contribution is 2.27. The zero-order chi connectivity index (χ0) is 9.97. The number of rotatable bonds is 1. The maximum atomic E-state index is 9.26. The van der Waals surface area contributed by atoms with E-state index < -0.39 is 0 Å². The molecule has 1 fully saturated rings. The van der Waals surface area contributed by atoms with E-state index in [4.69, 9.17) is 16.3 Å². The summed E-state index contributed by atoms with van der Waals surface area (Å²) in [7, 11) is 0. The molecule has 0 saturated carbocycles. The summed E-state index contributed by atoms with van der Waals surface area (Å²) in [5, 5.41) is 13.0. The zero-order valence-corrected chi connectivity index (χ0v) is 8.42. The van der Waals surface area contributed by atoms with Gasteiger partial charge < -0.3 is 15.2 Å². The Kier molecular flexibility index (Phi) is 2.91. The molecule has 1 atom stereocenters. The van der Waals surface area contributed by atoms with Gasteiger partial charge >= 0.3 is 0 Å². The average molecular weight is 214 g/mol. The van der Waals surface area contributed by atoms with Gasteiger partial charge in [-0.25, -0.2) is 0 Å². The van der Waals surface area contributed by atoms with Gasteiger partial charge in [0, 0.05) is 6.54 Å². The first-order chi connectivity index (χ1) is 6.77. The SMILES string of the molecule is Oc1ccc([C@H]2COCCN2)cc1Cl. The number of aromatic hydroxyl groups is 1. The van der Waals surface area contributed by atoms with Crippen LogP contribution in [0, 0.1) is 0 Å². The predicted octanol–water partition coefficient (Wildman–Crippen LogP) is 1.71. The van der Waals surface area contributed by atoms with Crippen LogP contribution in [0.15, 0.2) is 18.2 Å². The first-order valence-electron chi connectivity index (χ1n) is 4.57. The van der Waals surface area contributed by atoms with Gasteiger partial charge in [0.15, 0.2) is 0 Å². The second kappa shape index (κ2) is 4.17. The second-order valence-corrected chi connectivity index (χ2v) is 3.70. The Morgan fingerprint density at radius 1 is 1.50 bits per heavy atom. The summed E-state index contributed by atoms with van der Waals surface area (Å²) in [6, 6.07) is 5.41. The highest BCUT2D eigenvalue weighted by molar-refractivity contribution is 6.32. The van der Waals surface area contributed by atoms with E-state index in [1.165, 1.54) is 0 Å². The topological polar surface area (TPSA) is 41.5 Å². The molecule has 3 nitrogen and oxygen atoms in total. The van der Waals surface area contributed by atoms with Crippen molar-refractivity contribution in [2.45, 2.75) is 6.04 Å². The van der Waals surface area contributed by atoms with Crippen LogP contribution in [0.25, 0.3) is 0 Å². The van der Waals surface area contributed by atoms with Gasteiger partial charge in [0.05, 0.1) is 24.3 Å². The van der Waals surface area contributed by atoms with E-state index in [0.29, 0.717) is 11.6 Å². The molecular formula is C10H12ClNO2. The standard InChI is InChI=1S/C10H12ClNO2/c11-8-5-7(1-2-10(8)13)9-6-14-4-3-12-9/h1-2,5,9,12-13H,3-4,6H2/t9-/m1/s1. The summed E-state index contributed by atoms with van der Waals surface area (Å²) in [4.78, 5) is 0. The molecule has 0 unspecified atom stereocenters. The van der Waals surface area contributed by atoms with Gasteiger partial charge in [-0.1, -0.05) is 17.7 Å². The third kappa shape index (κ3) is 2.00. The van der Waals surface area contributed by atoms with E-state index in [-0.39, 0.29) is 11.8 Å². The van der Waals surface area contributed by atoms with Crippen LogP contribution in [0.5, 0.6) is 5.75 Å². The first kappa shape index (κ1) is 9.77. The highest BCUT2D eigenvalue weighted by Gasteiger charge is 2.15. The molecule has 1 aliphatic heterocycles. The summed E-state index contributed by atoms with van der Waals surface area (Å²) >= 11 is 5.81. The smallest absolute Gasteiger partial charge is 0.134 e. The number of halogens is 1. The van der Waals surface area contributed by atoms with Crippen LogP contribution in [0.4, 0.5) is 0 Å². The molecule has 0 spiro atoms. The number of phenols is 1. The lowest BCUT2D eigenvalue weighted by Gasteiger charge is -2.24. The molecule has 4 heteroatoms. The number of hydrogen-bond acceptors (Lipinski definition) is 3. The Hall–Kier alpha value is -0.770. The average Bonchev–Trinajstić information content (AvgIpc) is 2.23. The van der Waals surface area contributed by atoms with Gasteiger partial charge in [0.25, 0.3) is 0 Å². The van der Waals surface area contributed by atoms with Crippen molar-refractivity contribution in [2.75, 3.05) is 19.8 Å². The summed E-state index contributed by atoms with van der Waals surface area (Å²) in [6.45, 7) is 2.26. The minimum Gasteiger partial charge on any atom is -0.506 e. The molecule has 1 heterocycles. The molecular weight excluding hydrogens is 202 g/mol. The van der Waals surface area contributed by atoms with Crippen LogP contribution in [0.3, 0.4) is 0 Å². The lowest BCUT2D eigenvalue weighted by atomic mass is 10.1. The van der Waals surface area contributed by atoms with Gasteiger partial charge in [0.1, 0.15) is 5.75 Å². The molecule has 0 aliphatic carbocycles. The molecule has 0 amide bonds. The van der Waals surface area contributed by atoms with E-state index >= 15 is 0 Å². The Bertz CT molecular complexity index is 324.